The van der Waals surface area contributed by atoms with Gasteiger partial charge in [0.25, 0.3) is 0 Å². The second kappa shape index (κ2) is 10.4. The summed E-state index contributed by atoms with van der Waals surface area (Å²) >= 11 is 0. The first-order valence-corrected chi connectivity index (χ1v) is 9.35. The Morgan fingerprint density at radius 3 is 2.32 bits per heavy atom. The predicted octanol–water partition coefficient (Wildman–Crippen LogP) is 6.11. The van der Waals surface area contributed by atoms with Gasteiger partial charge in [-0.05, 0) is 44.9 Å². The van der Waals surface area contributed by atoms with Crippen LogP contribution in [-0.2, 0) is 9.47 Å². The summed E-state index contributed by atoms with van der Waals surface area (Å²) in [6.45, 7) is 12.9. The minimum Gasteiger partial charge on any atom is -0.348 e. The third-order valence-corrected chi connectivity index (χ3v) is 4.74. The van der Waals surface area contributed by atoms with Crippen LogP contribution < -0.4 is 0 Å². The van der Waals surface area contributed by atoms with Crippen LogP contribution in [0.4, 0.5) is 0 Å². The van der Waals surface area contributed by atoms with Crippen LogP contribution in [0.25, 0.3) is 0 Å². The molecule has 0 spiro atoms. The van der Waals surface area contributed by atoms with E-state index in [9.17, 15) is 0 Å². The lowest BCUT2D eigenvalue weighted by Crippen LogP contribution is -2.24. The van der Waals surface area contributed by atoms with Crippen molar-refractivity contribution in [3.8, 4) is 0 Å². The van der Waals surface area contributed by atoms with Crippen molar-refractivity contribution in [3.63, 3.8) is 0 Å². The minimum absolute atomic E-state index is 0.332. The van der Waals surface area contributed by atoms with Crippen molar-refractivity contribution in [2.45, 2.75) is 91.8 Å². The Kier molecular flexibility index (Phi) is 9.35. The van der Waals surface area contributed by atoms with Gasteiger partial charge in [-0.15, -0.1) is 0 Å². The van der Waals surface area contributed by atoms with Gasteiger partial charge in [0, 0.05) is 6.42 Å². The molecule has 22 heavy (non-hydrogen) atoms. The maximum Gasteiger partial charge on any atom is 0.166 e. The summed E-state index contributed by atoms with van der Waals surface area (Å²) in [7, 11) is 0. The molecule has 0 radical (unpaired) electrons. The fourth-order valence-electron chi connectivity index (χ4n) is 3.13. The average molecular weight is 311 g/mol. The number of ether oxygens (including phenoxy) is 2. The summed E-state index contributed by atoms with van der Waals surface area (Å²) in [5, 5.41) is 0. The van der Waals surface area contributed by atoms with Crippen molar-refractivity contribution in [3.05, 3.63) is 11.6 Å². The van der Waals surface area contributed by atoms with Gasteiger partial charge >= 0.3 is 0 Å². The first-order valence-electron chi connectivity index (χ1n) is 9.35. The zero-order valence-corrected chi connectivity index (χ0v) is 15.6. The Morgan fingerprint density at radius 1 is 1.05 bits per heavy atom. The topological polar surface area (TPSA) is 18.5 Å². The molecule has 0 unspecified atom stereocenters. The Labute approximate surface area is 138 Å². The van der Waals surface area contributed by atoms with Crippen LogP contribution in [0.15, 0.2) is 11.6 Å². The van der Waals surface area contributed by atoms with Gasteiger partial charge in [0.1, 0.15) is 0 Å². The van der Waals surface area contributed by atoms with Crippen LogP contribution >= 0.6 is 0 Å². The number of hydrogen-bond donors (Lipinski definition) is 0. The highest BCUT2D eigenvalue weighted by Gasteiger charge is 2.29. The van der Waals surface area contributed by atoms with Crippen LogP contribution in [0, 0.1) is 11.8 Å². The monoisotopic (exact) mass is 310 g/mol. The largest absolute Gasteiger partial charge is 0.348 e. The van der Waals surface area contributed by atoms with E-state index in [4.69, 9.17) is 9.47 Å². The lowest BCUT2D eigenvalue weighted by atomic mass is 9.94. The Balaban J connectivity index is 2.06. The van der Waals surface area contributed by atoms with Crippen LogP contribution in [-0.4, -0.2) is 19.0 Å². The molecule has 1 aliphatic rings. The lowest BCUT2D eigenvalue weighted by Gasteiger charge is -2.21. The molecule has 1 heterocycles. The van der Waals surface area contributed by atoms with Crippen LogP contribution in [0.2, 0.25) is 0 Å². The van der Waals surface area contributed by atoms with Gasteiger partial charge in [-0.2, -0.15) is 0 Å². The molecule has 0 aromatic carbocycles. The summed E-state index contributed by atoms with van der Waals surface area (Å²) in [6.07, 6.45) is 12.5. The molecular formula is C20H38O2. The molecule has 0 amide bonds. The quantitative estimate of drug-likeness (QED) is 0.429. The Bertz CT molecular complexity index is 314. The zero-order chi connectivity index (χ0) is 16.4. The van der Waals surface area contributed by atoms with E-state index in [1.54, 1.807) is 0 Å². The molecule has 1 aliphatic heterocycles. The van der Waals surface area contributed by atoms with E-state index >= 15 is 0 Å². The van der Waals surface area contributed by atoms with E-state index in [-0.39, 0.29) is 5.79 Å². The third-order valence-electron chi connectivity index (χ3n) is 4.74. The highest BCUT2D eigenvalue weighted by atomic mass is 16.7. The normalized spacial score (nSPS) is 19.8. The average Bonchev–Trinajstić information content (AvgIpc) is 2.85. The van der Waals surface area contributed by atoms with Gasteiger partial charge in [0.15, 0.2) is 5.79 Å². The van der Waals surface area contributed by atoms with Crippen LogP contribution in [0.3, 0.4) is 0 Å². The van der Waals surface area contributed by atoms with E-state index < -0.39 is 0 Å². The van der Waals surface area contributed by atoms with Gasteiger partial charge < -0.3 is 9.47 Å². The molecule has 130 valence electrons. The maximum absolute atomic E-state index is 5.64. The van der Waals surface area contributed by atoms with E-state index in [0.717, 1.165) is 37.9 Å². The molecule has 1 rings (SSSR count). The van der Waals surface area contributed by atoms with Crippen molar-refractivity contribution < 1.29 is 9.47 Å². The van der Waals surface area contributed by atoms with Crippen molar-refractivity contribution in [2.24, 2.45) is 11.8 Å². The number of allylic oxidation sites excluding steroid dienone is 2. The molecular weight excluding hydrogens is 272 g/mol. The third kappa shape index (κ3) is 8.95. The molecule has 0 aromatic heterocycles. The molecule has 1 atom stereocenters. The molecule has 0 aromatic rings. The summed E-state index contributed by atoms with van der Waals surface area (Å²) < 4.78 is 11.3. The molecule has 2 heteroatoms. The van der Waals surface area contributed by atoms with Crippen molar-refractivity contribution in [1.29, 1.82) is 0 Å². The maximum atomic E-state index is 5.64. The van der Waals surface area contributed by atoms with Gasteiger partial charge in [-0.25, -0.2) is 0 Å². The fraction of sp³-hybridized carbons (Fsp3) is 0.900. The predicted molar refractivity (Wildman–Crippen MR) is 95.0 cm³/mol. The summed E-state index contributed by atoms with van der Waals surface area (Å²) in [4.78, 5) is 0. The lowest BCUT2D eigenvalue weighted by molar-refractivity contribution is -0.145. The van der Waals surface area contributed by atoms with E-state index in [0.29, 0.717) is 0 Å². The molecule has 1 fully saturated rings. The second-order valence-corrected chi connectivity index (χ2v) is 7.74. The van der Waals surface area contributed by atoms with Crippen molar-refractivity contribution in [1.82, 2.24) is 0 Å². The van der Waals surface area contributed by atoms with Crippen LogP contribution in [0.5, 0.6) is 0 Å². The first kappa shape index (κ1) is 19.7. The summed E-state index contributed by atoms with van der Waals surface area (Å²) in [5.74, 6) is 1.40. The van der Waals surface area contributed by atoms with Gasteiger partial charge in [-0.1, -0.05) is 58.1 Å². The molecule has 0 bridgehead atoms. The summed E-state index contributed by atoms with van der Waals surface area (Å²) in [5.41, 5.74) is 1.52. The number of hydrogen-bond acceptors (Lipinski definition) is 2. The highest BCUT2D eigenvalue weighted by molar-refractivity contribution is 4.98. The van der Waals surface area contributed by atoms with Crippen molar-refractivity contribution >= 4 is 0 Å². The van der Waals surface area contributed by atoms with E-state index in [1.165, 1.54) is 44.1 Å². The smallest absolute Gasteiger partial charge is 0.166 e. The number of rotatable bonds is 11. The Morgan fingerprint density at radius 2 is 1.68 bits per heavy atom. The first-order chi connectivity index (χ1) is 10.4. The molecule has 0 saturated carbocycles. The highest BCUT2D eigenvalue weighted by Crippen LogP contribution is 2.25. The summed E-state index contributed by atoms with van der Waals surface area (Å²) in [6, 6.07) is 0. The van der Waals surface area contributed by atoms with E-state index in [1.807, 2.05) is 0 Å². The van der Waals surface area contributed by atoms with Gasteiger partial charge in [0.05, 0.1) is 13.2 Å². The molecule has 2 nitrogen and oxygen atoms in total. The fourth-order valence-corrected chi connectivity index (χ4v) is 3.13. The molecule has 0 aliphatic carbocycles. The molecule has 1 saturated heterocycles. The van der Waals surface area contributed by atoms with Gasteiger partial charge in [-0.3, -0.25) is 0 Å². The van der Waals surface area contributed by atoms with Crippen LogP contribution in [0.1, 0.15) is 86.0 Å². The van der Waals surface area contributed by atoms with E-state index in [2.05, 4.69) is 40.7 Å². The van der Waals surface area contributed by atoms with Crippen molar-refractivity contribution in [2.75, 3.05) is 13.2 Å². The SMILES string of the molecule is CC(=CCCC1(C)OCCO1)CCC[C@H](C)CCCC(C)C. The standard InChI is InChI=1S/C20H38O2/c1-17(2)9-6-10-18(3)11-7-12-19(4)13-8-14-20(5)21-15-16-22-20/h13,17-18H,6-12,14-16H2,1-5H3/t18-/m1/s1. The molecule has 0 N–H and O–H groups in total. The second-order valence-electron chi connectivity index (χ2n) is 7.74. The zero-order valence-electron chi connectivity index (χ0n) is 15.6. The van der Waals surface area contributed by atoms with Gasteiger partial charge in [0.2, 0.25) is 0 Å². The Hall–Kier alpha value is -0.340. The minimum atomic E-state index is -0.332.